The Morgan fingerprint density at radius 1 is 1.00 bits per heavy atom. The lowest BCUT2D eigenvalue weighted by Crippen LogP contribution is -2.55. The topological polar surface area (TPSA) is 114 Å². The molecular weight excluding hydrogens is 378 g/mol. The van der Waals surface area contributed by atoms with E-state index in [1.54, 1.807) is 29.2 Å². The molecule has 7 heteroatoms. The lowest BCUT2D eigenvalue weighted by molar-refractivity contribution is -0.135. The zero-order chi connectivity index (χ0) is 21.0. The number of hydrogen-bond acceptors (Lipinski definition) is 5. The van der Waals surface area contributed by atoms with Crippen LogP contribution in [0.5, 0.6) is 0 Å². The zero-order valence-electron chi connectivity index (χ0n) is 16.8. The molecule has 2 bridgehead atoms. The lowest BCUT2D eigenvalue weighted by atomic mass is 9.84. The van der Waals surface area contributed by atoms with Crippen molar-refractivity contribution >= 4 is 11.8 Å². The zero-order valence-corrected chi connectivity index (χ0v) is 16.8. The Balaban J connectivity index is 1.28. The fourth-order valence-corrected chi connectivity index (χ4v) is 5.94. The number of hydrogen-bond donors (Lipinski definition) is 1. The number of carbonyl (C=O) groups is 2. The van der Waals surface area contributed by atoms with Crippen LogP contribution in [0.15, 0.2) is 24.3 Å². The van der Waals surface area contributed by atoms with E-state index in [-0.39, 0.29) is 41.9 Å². The number of nitrogens with two attached hydrogens (primary N) is 1. The molecule has 2 N–H and O–H groups in total. The monoisotopic (exact) mass is 403 g/mol. The lowest BCUT2D eigenvalue weighted by Gasteiger charge is -2.41. The number of carbonyl (C=O) groups excluding carboxylic acids is 2. The first kappa shape index (κ1) is 19.1. The van der Waals surface area contributed by atoms with E-state index in [1.165, 1.54) is 0 Å². The molecule has 4 aliphatic rings. The van der Waals surface area contributed by atoms with E-state index in [9.17, 15) is 14.9 Å². The number of benzene rings is 1. The third-order valence-electron chi connectivity index (χ3n) is 7.57. The maximum absolute atomic E-state index is 13.1. The van der Waals surface area contributed by atoms with E-state index in [0.29, 0.717) is 17.0 Å². The van der Waals surface area contributed by atoms with Crippen molar-refractivity contribution < 1.29 is 9.59 Å². The fourth-order valence-electron chi connectivity index (χ4n) is 5.94. The molecule has 1 aromatic rings. The van der Waals surface area contributed by atoms with Gasteiger partial charge in [0.2, 0.25) is 5.91 Å². The summed E-state index contributed by atoms with van der Waals surface area (Å²) < 4.78 is 0. The molecule has 1 saturated carbocycles. The van der Waals surface area contributed by atoms with Gasteiger partial charge in [-0.25, -0.2) is 0 Å². The summed E-state index contributed by atoms with van der Waals surface area (Å²) in [7, 11) is 0. The Morgan fingerprint density at radius 3 is 2.27 bits per heavy atom. The molecule has 154 valence electrons. The molecule has 7 nitrogen and oxygen atoms in total. The van der Waals surface area contributed by atoms with Gasteiger partial charge in [0, 0.05) is 23.7 Å². The minimum absolute atomic E-state index is 0.00440. The largest absolute Gasteiger partial charge is 0.333 e. The highest BCUT2D eigenvalue weighted by atomic mass is 16.2. The smallest absolute Gasteiger partial charge is 0.254 e. The van der Waals surface area contributed by atoms with E-state index in [4.69, 9.17) is 11.0 Å². The molecule has 3 aliphatic heterocycles. The number of amides is 2. The highest BCUT2D eigenvalue weighted by Crippen LogP contribution is 2.48. The van der Waals surface area contributed by atoms with Crippen LogP contribution in [0, 0.1) is 34.5 Å². The Bertz CT molecular complexity index is 947. The van der Waals surface area contributed by atoms with E-state index in [1.807, 2.05) is 4.90 Å². The van der Waals surface area contributed by atoms with Gasteiger partial charge in [-0.15, -0.1) is 0 Å². The van der Waals surface area contributed by atoms with E-state index in [2.05, 4.69) is 12.1 Å². The summed E-state index contributed by atoms with van der Waals surface area (Å²) in [5, 5.41) is 18.4. The van der Waals surface area contributed by atoms with Crippen LogP contribution in [-0.4, -0.2) is 51.8 Å². The molecule has 1 aliphatic carbocycles. The second-order valence-electron chi connectivity index (χ2n) is 9.23. The average molecular weight is 403 g/mol. The van der Waals surface area contributed by atoms with Crippen LogP contribution in [0.1, 0.15) is 54.4 Å². The molecule has 6 unspecified atom stereocenters. The minimum atomic E-state index is -0.601. The van der Waals surface area contributed by atoms with Gasteiger partial charge in [-0.2, -0.15) is 10.5 Å². The summed E-state index contributed by atoms with van der Waals surface area (Å²) in [5.41, 5.74) is 7.58. The molecule has 4 fully saturated rings. The molecule has 30 heavy (non-hydrogen) atoms. The van der Waals surface area contributed by atoms with Gasteiger partial charge in [0.25, 0.3) is 5.91 Å². The van der Waals surface area contributed by atoms with E-state index < -0.39 is 6.04 Å². The van der Waals surface area contributed by atoms with Crippen molar-refractivity contribution in [3.05, 3.63) is 35.4 Å². The summed E-state index contributed by atoms with van der Waals surface area (Å²) in [6.07, 6.45) is 5.09. The van der Waals surface area contributed by atoms with Crippen molar-refractivity contribution in [2.45, 2.75) is 68.7 Å². The molecule has 0 aromatic heterocycles. The van der Waals surface area contributed by atoms with Gasteiger partial charge >= 0.3 is 0 Å². The van der Waals surface area contributed by atoms with Crippen LogP contribution in [0.4, 0.5) is 0 Å². The van der Waals surface area contributed by atoms with Crippen LogP contribution in [0.25, 0.3) is 0 Å². The number of piperidine rings is 2. The molecule has 0 radical (unpaired) electrons. The average Bonchev–Trinajstić information content (AvgIpc) is 3.36. The van der Waals surface area contributed by atoms with Crippen molar-refractivity contribution in [2.24, 2.45) is 17.6 Å². The van der Waals surface area contributed by atoms with Crippen LogP contribution < -0.4 is 5.73 Å². The maximum Gasteiger partial charge on any atom is 0.254 e. The van der Waals surface area contributed by atoms with Gasteiger partial charge in [0.05, 0.1) is 23.7 Å². The molecule has 1 aromatic carbocycles. The molecule has 3 saturated heterocycles. The number of nitrogens with zero attached hydrogens (tertiary/aromatic N) is 4. The van der Waals surface area contributed by atoms with Gasteiger partial charge in [-0.3, -0.25) is 9.59 Å². The third-order valence-corrected chi connectivity index (χ3v) is 7.57. The second kappa shape index (κ2) is 7.11. The van der Waals surface area contributed by atoms with Crippen molar-refractivity contribution in [1.29, 1.82) is 10.5 Å². The molecular formula is C23H25N5O2. The van der Waals surface area contributed by atoms with Gasteiger partial charge in [0.15, 0.2) is 0 Å². The van der Waals surface area contributed by atoms with Gasteiger partial charge in [-0.1, -0.05) is 0 Å². The van der Waals surface area contributed by atoms with Gasteiger partial charge < -0.3 is 15.5 Å². The predicted octanol–water partition coefficient (Wildman–Crippen LogP) is 1.78. The molecule has 0 spiro atoms. The van der Waals surface area contributed by atoms with Crippen LogP contribution in [0.2, 0.25) is 0 Å². The Kier molecular flexibility index (Phi) is 4.52. The number of rotatable bonds is 3. The number of nitriles is 2. The molecule has 5 rings (SSSR count). The van der Waals surface area contributed by atoms with Gasteiger partial charge in [0.1, 0.15) is 6.04 Å². The first-order chi connectivity index (χ1) is 14.5. The summed E-state index contributed by atoms with van der Waals surface area (Å²) in [5.74, 6) is 0.434. The number of fused-ring (bicyclic) bond motifs is 3. The van der Waals surface area contributed by atoms with Crippen LogP contribution in [0.3, 0.4) is 0 Å². The first-order valence-electron chi connectivity index (χ1n) is 10.8. The van der Waals surface area contributed by atoms with E-state index in [0.717, 1.165) is 38.5 Å². The Hall–Kier alpha value is -2.90. The maximum atomic E-state index is 13.1. The highest BCUT2D eigenvalue weighted by Gasteiger charge is 2.56. The van der Waals surface area contributed by atoms with Gasteiger partial charge in [-0.05, 0) is 74.6 Å². The van der Waals surface area contributed by atoms with Crippen molar-refractivity contribution in [3.63, 3.8) is 0 Å². The van der Waals surface area contributed by atoms with E-state index >= 15 is 0 Å². The summed E-state index contributed by atoms with van der Waals surface area (Å²) in [6.45, 7) is 0. The fraction of sp³-hybridized carbons (Fsp3) is 0.565. The standard InChI is InChI=1S/C23H25N5O2/c24-11-13-1-3-14(4-2-13)22(29)27-17-5-6-18(27)9-16(8-17)21(26)23(30)28-19(12-25)7-15-10-20(15)28/h1-4,15-21H,5-10,26H2. The van der Waals surface area contributed by atoms with Crippen molar-refractivity contribution in [3.8, 4) is 12.1 Å². The number of likely N-dealkylation sites (tertiary alicyclic amines) is 1. The minimum Gasteiger partial charge on any atom is -0.333 e. The Labute approximate surface area is 176 Å². The summed E-state index contributed by atoms with van der Waals surface area (Å²) >= 11 is 0. The third kappa shape index (κ3) is 2.97. The predicted molar refractivity (Wildman–Crippen MR) is 108 cm³/mol. The van der Waals surface area contributed by atoms with Crippen molar-refractivity contribution in [1.82, 2.24) is 9.80 Å². The summed E-state index contributed by atoms with van der Waals surface area (Å²) in [6, 6.07) is 10.6. The van der Waals surface area contributed by atoms with Crippen LogP contribution >= 0.6 is 0 Å². The quantitative estimate of drug-likeness (QED) is 0.826. The molecule has 2 amide bonds. The molecule has 6 atom stereocenters. The second-order valence-corrected chi connectivity index (χ2v) is 9.23. The summed E-state index contributed by atoms with van der Waals surface area (Å²) in [4.78, 5) is 30.0. The normalized spacial score (nSPS) is 34.6. The highest BCUT2D eigenvalue weighted by molar-refractivity contribution is 5.95. The Morgan fingerprint density at radius 2 is 1.67 bits per heavy atom. The molecule has 3 heterocycles. The first-order valence-corrected chi connectivity index (χ1v) is 10.8. The van der Waals surface area contributed by atoms with Crippen molar-refractivity contribution in [2.75, 3.05) is 0 Å². The van der Waals surface area contributed by atoms with Crippen LogP contribution in [-0.2, 0) is 4.79 Å². The SMILES string of the molecule is N#Cc1ccc(C(=O)N2C3CCC2CC(C(N)C(=O)N2C(C#N)CC4CC42)C3)cc1.